The first-order valence-corrected chi connectivity index (χ1v) is 11.6. The quantitative estimate of drug-likeness (QED) is 0.232. The smallest absolute Gasteiger partial charge is 0.161 e. The van der Waals surface area contributed by atoms with Crippen LogP contribution in [0.3, 0.4) is 0 Å². The average Bonchev–Trinajstić information content (AvgIpc) is 3.27. The molecule has 0 spiro atoms. The number of carboxylic acid groups (broad SMARTS) is 1. The van der Waals surface area contributed by atoms with Crippen LogP contribution >= 0.6 is 0 Å². The van der Waals surface area contributed by atoms with Crippen LogP contribution in [0.1, 0.15) is 6.92 Å². The molecular weight excluding hydrogens is 464 g/mol. The lowest BCUT2D eigenvalue weighted by atomic mass is 10.1. The highest BCUT2D eigenvalue weighted by atomic mass is 16.5. The summed E-state index contributed by atoms with van der Waals surface area (Å²) < 4.78 is 16.9. The second-order valence-electron chi connectivity index (χ2n) is 8.01. The number of aromatic amines is 1. The SMILES string of the molecule is CC(O)C(=O)[O-].COc1ccccc1OCCNCC(O)COc1cccc2[nH]c3ccccc3c12. The molecule has 0 bridgehead atoms. The molecule has 0 radical (unpaired) electrons. The van der Waals surface area contributed by atoms with Crippen LogP contribution in [0.4, 0.5) is 0 Å². The van der Waals surface area contributed by atoms with Crippen LogP contribution in [-0.2, 0) is 4.79 Å². The molecule has 2 unspecified atom stereocenters. The molecule has 0 amide bonds. The number of H-pyrrole nitrogens is 1. The van der Waals surface area contributed by atoms with E-state index in [0.29, 0.717) is 31.2 Å². The Hall–Kier alpha value is -3.79. The Labute approximate surface area is 209 Å². The molecule has 0 aliphatic heterocycles. The van der Waals surface area contributed by atoms with Crippen LogP contribution in [0.15, 0.2) is 66.7 Å². The summed E-state index contributed by atoms with van der Waals surface area (Å²) in [5.74, 6) is 0.744. The number of carbonyl (C=O) groups is 1. The Morgan fingerprint density at radius 1 is 0.944 bits per heavy atom. The normalized spacial score (nSPS) is 12.4. The third-order valence-corrected chi connectivity index (χ3v) is 5.25. The fourth-order valence-electron chi connectivity index (χ4n) is 3.47. The molecule has 0 saturated carbocycles. The monoisotopic (exact) mass is 495 g/mol. The summed E-state index contributed by atoms with van der Waals surface area (Å²) >= 11 is 0. The van der Waals surface area contributed by atoms with E-state index in [0.717, 1.165) is 34.5 Å². The van der Waals surface area contributed by atoms with Crippen molar-refractivity contribution in [1.82, 2.24) is 10.3 Å². The number of hydrogen-bond acceptors (Lipinski definition) is 8. The van der Waals surface area contributed by atoms with Gasteiger partial charge in [0.2, 0.25) is 0 Å². The lowest BCUT2D eigenvalue weighted by Gasteiger charge is -2.15. The molecule has 0 aliphatic carbocycles. The van der Waals surface area contributed by atoms with E-state index in [1.807, 2.05) is 60.7 Å². The van der Waals surface area contributed by atoms with Crippen LogP contribution in [0.2, 0.25) is 0 Å². The number of aliphatic carboxylic acids is 1. The van der Waals surface area contributed by atoms with Gasteiger partial charge in [-0.2, -0.15) is 0 Å². The number of methoxy groups -OCH3 is 1. The highest BCUT2D eigenvalue weighted by molar-refractivity contribution is 6.10. The van der Waals surface area contributed by atoms with E-state index in [2.05, 4.69) is 16.4 Å². The first-order chi connectivity index (χ1) is 17.4. The number of hydrogen-bond donors (Lipinski definition) is 4. The molecule has 9 heteroatoms. The Bertz CT molecular complexity index is 1260. The number of para-hydroxylation sites is 3. The van der Waals surface area contributed by atoms with E-state index in [4.69, 9.17) is 19.3 Å². The summed E-state index contributed by atoms with van der Waals surface area (Å²) in [4.78, 5) is 12.7. The molecule has 4 N–H and O–H groups in total. The van der Waals surface area contributed by atoms with E-state index in [-0.39, 0.29) is 6.61 Å². The van der Waals surface area contributed by atoms with Crippen molar-refractivity contribution in [2.45, 2.75) is 19.1 Å². The Morgan fingerprint density at radius 3 is 2.31 bits per heavy atom. The second-order valence-corrected chi connectivity index (χ2v) is 8.01. The van der Waals surface area contributed by atoms with Crippen molar-refractivity contribution >= 4 is 27.8 Å². The van der Waals surface area contributed by atoms with Gasteiger partial charge in [-0.3, -0.25) is 0 Å². The maximum atomic E-state index is 10.3. The van der Waals surface area contributed by atoms with Gasteiger partial charge in [0.05, 0.1) is 24.7 Å². The van der Waals surface area contributed by atoms with Gasteiger partial charge in [0, 0.05) is 29.4 Å². The number of ether oxygens (including phenoxy) is 3. The van der Waals surface area contributed by atoms with Crippen LogP contribution < -0.4 is 24.6 Å². The summed E-state index contributed by atoms with van der Waals surface area (Å²) in [7, 11) is 1.62. The van der Waals surface area contributed by atoms with Gasteiger partial charge in [0.1, 0.15) is 25.1 Å². The number of carboxylic acids is 1. The Balaban J connectivity index is 0.000000538. The van der Waals surface area contributed by atoms with Crippen molar-refractivity contribution in [2.75, 3.05) is 33.4 Å². The number of rotatable bonds is 11. The molecule has 0 fully saturated rings. The van der Waals surface area contributed by atoms with Gasteiger partial charge >= 0.3 is 0 Å². The summed E-state index contributed by atoms with van der Waals surface area (Å²) in [6.07, 6.45) is -1.97. The molecule has 192 valence electrons. The standard InChI is InChI=1S/C24H26N2O4.C3H6O3/c1-28-21-10-4-5-11-22(21)29-14-13-25-15-17(27)16-30-23-12-6-9-20-24(23)18-7-2-3-8-19(18)26-20;1-2(4)3(5)6/h2-12,17,25-27H,13-16H2,1H3;2,4H,1H3,(H,5,6)/p-1. The zero-order valence-electron chi connectivity index (χ0n) is 20.3. The van der Waals surface area contributed by atoms with Crippen LogP contribution in [0.25, 0.3) is 21.8 Å². The summed E-state index contributed by atoms with van der Waals surface area (Å²) in [6.45, 7) is 2.84. The predicted molar refractivity (Wildman–Crippen MR) is 135 cm³/mol. The minimum atomic E-state index is -1.44. The largest absolute Gasteiger partial charge is 0.547 e. The topological polar surface area (TPSA) is 136 Å². The Morgan fingerprint density at radius 2 is 1.58 bits per heavy atom. The highest BCUT2D eigenvalue weighted by Gasteiger charge is 2.11. The second kappa shape index (κ2) is 13.3. The molecule has 1 heterocycles. The van der Waals surface area contributed by atoms with Gasteiger partial charge < -0.3 is 44.6 Å². The van der Waals surface area contributed by atoms with E-state index in [1.165, 1.54) is 0 Å². The first-order valence-electron chi connectivity index (χ1n) is 11.6. The van der Waals surface area contributed by atoms with Crippen molar-refractivity contribution < 1.29 is 34.3 Å². The van der Waals surface area contributed by atoms with E-state index in [9.17, 15) is 15.0 Å². The van der Waals surface area contributed by atoms with E-state index in [1.54, 1.807) is 7.11 Å². The van der Waals surface area contributed by atoms with Crippen LogP contribution in [0.5, 0.6) is 17.2 Å². The van der Waals surface area contributed by atoms with Gasteiger partial charge in [-0.15, -0.1) is 0 Å². The molecule has 4 rings (SSSR count). The van der Waals surface area contributed by atoms with Crippen molar-refractivity contribution in [1.29, 1.82) is 0 Å². The van der Waals surface area contributed by atoms with Crippen LogP contribution in [0, 0.1) is 0 Å². The number of benzene rings is 3. The van der Waals surface area contributed by atoms with E-state index < -0.39 is 18.2 Å². The minimum Gasteiger partial charge on any atom is -0.547 e. The number of aromatic nitrogens is 1. The average molecular weight is 496 g/mol. The zero-order chi connectivity index (χ0) is 25.9. The summed E-state index contributed by atoms with van der Waals surface area (Å²) in [6, 6.07) is 21.6. The van der Waals surface area contributed by atoms with Gasteiger partial charge in [0.15, 0.2) is 11.5 Å². The molecule has 0 aliphatic rings. The van der Waals surface area contributed by atoms with Crippen molar-refractivity contribution in [3.8, 4) is 17.2 Å². The van der Waals surface area contributed by atoms with Crippen LogP contribution in [-0.4, -0.2) is 66.8 Å². The predicted octanol–water partition coefficient (Wildman–Crippen LogP) is 1.86. The lowest BCUT2D eigenvalue weighted by Crippen LogP contribution is -2.33. The first kappa shape index (κ1) is 26.8. The van der Waals surface area contributed by atoms with Crippen molar-refractivity contribution in [2.24, 2.45) is 0 Å². The molecule has 1 aromatic heterocycles. The Kier molecular flexibility index (Phi) is 9.93. The van der Waals surface area contributed by atoms with Gasteiger partial charge in [-0.05, 0) is 37.3 Å². The fraction of sp³-hybridized carbons (Fsp3) is 0.296. The summed E-state index contributed by atoms with van der Waals surface area (Å²) in [5, 5.41) is 32.9. The number of carbonyl (C=O) groups excluding carboxylic acids is 1. The molecule has 0 saturated heterocycles. The van der Waals surface area contributed by atoms with Crippen molar-refractivity contribution in [3.63, 3.8) is 0 Å². The third-order valence-electron chi connectivity index (χ3n) is 5.25. The van der Waals surface area contributed by atoms with Gasteiger partial charge in [-0.1, -0.05) is 36.4 Å². The minimum absolute atomic E-state index is 0.207. The zero-order valence-corrected chi connectivity index (χ0v) is 20.3. The number of aliphatic hydroxyl groups excluding tert-OH is 2. The fourth-order valence-corrected chi connectivity index (χ4v) is 3.47. The van der Waals surface area contributed by atoms with Gasteiger partial charge in [0.25, 0.3) is 0 Å². The summed E-state index contributed by atoms with van der Waals surface area (Å²) in [5.41, 5.74) is 2.09. The molecular formula is C27H31N2O7-. The number of nitrogens with one attached hydrogen (secondary N) is 2. The number of fused-ring (bicyclic) bond motifs is 3. The van der Waals surface area contributed by atoms with Gasteiger partial charge in [-0.25, -0.2) is 0 Å². The maximum absolute atomic E-state index is 10.3. The highest BCUT2D eigenvalue weighted by Crippen LogP contribution is 2.33. The molecule has 3 aromatic carbocycles. The third kappa shape index (κ3) is 7.35. The molecule has 2 atom stereocenters. The molecule has 4 aromatic rings. The number of aliphatic hydroxyl groups is 2. The lowest BCUT2D eigenvalue weighted by molar-refractivity contribution is -0.314. The molecule has 36 heavy (non-hydrogen) atoms. The van der Waals surface area contributed by atoms with E-state index >= 15 is 0 Å². The maximum Gasteiger partial charge on any atom is 0.161 e. The molecule has 9 nitrogen and oxygen atoms in total. The van der Waals surface area contributed by atoms with Crippen molar-refractivity contribution in [3.05, 3.63) is 66.7 Å².